The number of rotatable bonds is 7. The van der Waals surface area contributed by atoms with E-state index in [0.717, 1.165) is 11.3 Å². The van der Waals surface area contributed by atoms with Crippen LogP contribution in [0.2, 0.25) is 0 Å². The number of nitro groups is 1. The van der Waals surface area contributed by atoms with Crippen molar-refractivity contribution >= 4 is 17.4 Å². The molecular formula is C23H30N4O4. The lowest BCUT2D eigenvalue weighted by molar-refractivity contribution is -0.385. The number of amides is 1. The maximum Gasteiger partial charge on any atom is 0.287 e. The van der Waals surface area contributed by atoms with Crippen molar-refractivity contribution in [2.45, 2.75) is 33.1 Å². The Morgan fingerprint density at radius 2 is 1.77 bits per heavy atom. The third-order valence-electron chi connectivity index (χ3n) is 5.53. The van der Waals surface area contributed by atoms with Crippen LogP contribution in [0.3, 0.4) is 0 Å². The molecule has 8 nitrogen and oxygen atoms in total. The average molecular weight is 427 g/mol. The fourth-order valence-electron chi connectivity index (χ4n) is 3.56. The first-order valence-electron chi connectivity index (χ1n) is 10.6. The number of pyridine rings is 1. The van der Waals surface area contributed by atoms with Crippen molar-refractivity contribution in [1.29, 1.82) is 0 Å². The third kappa shape index (κ3) is 5.31. The van der Waals surface area contributed by atoms with Gasteiger partial charge in [-0.3, -0.25) is 14.9 Å². The molecule has 1 aromatic carbocycles. The van der Waals surface area contributed by atoms with Gasteiger partial charge < -0.3 is 14.5 Å². The van der Waals surface area contributed by atoms with Gasteiger partial charge in [-0.25, -0.2) is 4.98 Å². The van der Waals surface area contributed by atoms with Crippen LogP contribution in [0.25, 0.3) is 0 Å². The molecule has 1 aliphatic rings. The molecule has 3 rings (SSSR count). The molecule has 1 fully saturated rings. The molecule has 1 aliphatic heterocycles. The third-order valence-corrected chi connectivity index (χ3v) is 5.53. The summed E-state index contributed by atoms with van der Waals surface area (Å²) in [6.07, 6.45) is 1.27. The van der Waals surface area contributed by atoms with E-state index < -0.39 is 10.3 Å². The zero-order valence-electron chi connectivity index (χ0n) is 18.6. The molecule has 2 aromatic rings. The van der Waals surface area contributed by atoms with Crippen LogP contribution in [0.4, 0.5) is 11.5 Å². The van der Waals surface area contributed by atoms with Crippen LogP contribution in [-0.4, -0.2) is 53.5 Å². The largest absolute Gasteiger partial charge is 0.493 e. The van der Waals surface area contributed by atoms with Crippen molar-refractivity contribution in [2.24, 2.45) is 5.92 Å². The van der Waals surface area contributed by atoms with Gasteiger partial charge in [0.25, 0.3) is 5.69 Å². The smallest absolute Gasteiger partial charge is 0.287 e. The van der Waals surface area contributed by atoms with Crippen LogP contribution in [0.5, 0.6) is 5.75 Å². The van der Waals surface area contributed by atoms with Crippen molar-refractivity contribution in [2.75, 3.05) is 37.7 Å². The van der Waals surface area contributed by atoms with Crippen LogP contribution in [0.15, 0.2) is 42.6 Å². The number of nitrogens with zero attached hydrogens (tertiary/aromatic N) is 4. The van der Waals surface area contributed by atoms with E-state index >= 15 is 0 Å². The molecule has 8 heteroatoms. The van der Waals surface area contributed by atoms with E-state index in [1.165, 1.54) is 12.3 Å². The molecule has 166 valence electrons. The summed E-state index contributed by atoms with van der Waals surface area (Å²) in [7, 11) is 0. The highest BCUT2D eigenvalue weighted by atomic mass is 16.6. The summed E-state index contributed by atoms with van der Waals surface area (Å²) >= 11 is 0. The topological polar surface area (TPSA) is 88.8 Å². The maximum atomic E-state index is 13.3. The molecule has 0 radical (unpaired) electrons. The van der Waals surface area contributed by atoms with Gasteiger partial charge in [0.05, 0.1) is 16.9 Å². The van der Waals surface area contributed by atoms with Crippen molar-refractivity contribution in [3.05, 3.63) is 58.3 Å². The number of piperazine rings is 1. The van der Waals surface area contributed by atoms with Gasteiger partial charge in [0.2, 0.25) is 5.91 Å². The van der Waals surface area contributed by atoms with Crippen LogP contribution in [0.1, 0.15) is 33.3 Å². The van der Waals surface area contributed by atoms with E-state index in [-0.39, 0.29) is 11.6 Å². The van der Waals surface area contributed by atoms with Gasteiger partial charge in [-0.2, -0.15) is 0 Å². The van der Waals surface area contributed by atoms with E-state index in [1.807, 2.05) is 47.9 Å². The molecule has 0 N–H and O–H groups in total. The Bertz CT molecular complexity index is 902. The highest BCUT2D eigenvalue weighted by Gasteiger charge is 2.35. The molecule has 1 amide bonds. The fraction of sp³-hybridized carbons (Fsp3) is 0.478. The molecule has 0 saturated carbocycles. The minimum atomic E-state index is -0.648. The van der Waals surface area contributed by atoms with Gasteiger partial charge >= 0.3 is 0 Å². The second kappa shape index (κ2) is 9.32. The maximum absolute atomic E-state index is 13.3. The predicted octanol–water partition coefficient (Wildman–Crippen LogP) is 3.65. The SMILES string of the molecule is CC(C)COc1ccc(C(C)(C)C(=O)N2CCN(c3ccc([N+](=O)[O-])cn3)CC2)cc1. The number of carbonyl (C=O) groups excluding carboxylic acids is 1. The molecule has 31 heavy (non-hydrogen) atoms. The quantitative estimate of drug-likeness (QED) is 0.496. The second-order valence-corrected chi connectivity index (χ2v) is 8.77. The molecule has 0 bridgehead atoms. The first-order chi connectivity index (χ1) is 14.7. The summed E-state index contributed by atoms with van der Waals surface area (Å²) in [6, 6.07) is 10.9. The number of carbonyl (C=O) groups is 1. The Morgan fingerprint density at radius 1 is 1.13 bits per heavy atom. The zero-order valence-corrected chi connectivity index (χ0v) is 18.6. The lowest BCUT2D eigenvalue weighted by atomic mass is 9.83. The van der Waals surface area contributed by atoms with Gasteiger partial charge in [0.1, 0.15) is 17.8 Å². The number of anilines is 1. The minimum absolute atomic E-state index is 0.0278. The number of hydrogen-bond acceptors (Lipinski definition) is 6. The van der Waals surface area contributed by atoms with E-state index in [0.29, 0.717) is 44.5 Å². The molecule has 1 saturated heterocycles. The highest BCUT2D eigenvalue weighted by Crippen LogP contribution is 2.28. The number of benzene rings is 1. The lowest BCUT2D eigenvalue weighted by Gasteiger charge is -2.39. The molecule has 0 unspecified atom stereocenters. The Labute approximate surface area is 183 Å². The van der Waals surface area contributed by atoms with E-state index in [1.54, 1.807) is 6.07 Å². The van der Waals surface area contributed by atoms with Gasteiger partial charge in [-0.1, -0.05) is 26.0 Å². The van der Waals surface area contributed by atoms with E-state index in [2.05, 4.69) is 18.8 Å². The van der Waals surface area contributed by atoms with E-state index in [4.69, 9.17) is 4.74 Å². The molecule has 0 atom stereocenters. The fourth-order valence-corrected chi connectivity index (χ4v) is 3.56. The number of ether oxygens (including phenoxy) is 1. The van der Waals surface area contributed by atoms with Crippen molar-refractivity contribution in [3.63, 3.8) is 0 Å². The first-order valence-corrected chi connectivity index (χ1v) is 10.6. The highest BCUT2D eigenvalue weighted by molar-refractivity contribution is 5.87. The zero-order chi connectivity index (χ0) is 22.6. The summed E-state index contributed by atoms with van der Waals surface area (Å²) in [4.78, 5) is 31.7. The molecular weight excluding hydrogens is 396 g/mol. The Morgan fingerprint density at radius 3 is 2.29 bits per heavy atom. The van der Waals surface area contributed by atoms with Crippen molar-refractivity contribution < 1.29 is 14.5 Å². The number of hydrogen-bond donors (Lipinski definition) is 0. The van der Waals surface area contributed by atoms with Crippen LogP contribution in [-0.2, 0) is 10.2 Å². The molecule has 0 aliphatic carbocycles. The number of aromatic nitrogens is 1. The van der Waals surface area contributed by atoms with Crippen molar-refractivity contribution in [1.82, 2.24) is 9.88 Å². The van der Waals surface area contributed by atoms with E-state index in [9.17, 15) is 14.9 Å². The van der Waals surface area contributed by atoms with Gasteiger partial charge in [0, 0.05) is 32.2 Å². The standard InChI is InChI=1S/C23H30N4O4/c1-17(2)16-31-20-8-5-18(6-9-20)23(3,4)22(28)26-13-11-25(12-14-26)21-10-7-19(15-24-21)27(29)30/h5-10,15,17H,11-14,16H2,1-4H3. The summed E-state index contributed by atoms with van der Waals surface area (Å²) in [6.45, 7) is 11.2. The Balaban J connectivity index is 1.60. The predicted molar refractivity (Wildman–Crippen MR) is 119 cm³/mol. The normalized spacial score (nSPS) is 14.6. The Hall–Kier alpha value is -3.16. The minimum Gasteiger partial charge on any atom is -0.493 e. The van der Waals surface area contributed by atoms with Crippen LogP contribution < -0.4 is 9.64 Å². The molecule has 1 aromatic heterocycles. The van der Waals surface area contributed by atoms with Gasteiger partial charge in [0.15, 0.2) is 0 Å². The summed E-state index contributed by atoms with van der Waals surface area (Å²) in [5.74, 6) is 2.04. The lowest BCUT2D eigenvalue weighted by Crippen LogP contribution is -2.53. The van der Waals surface area contributed by atoms with Gasteiger partial charge in [-0.15, -0.1) is 0 Å². The first kappa shape index (κ1) is 22.5. The summed E-state index contributed by atoms with van der Waals surface area (Å²) in [5.41, 5.74) is 0.276. The Kier molecular flexibility index (Phi) is 6.77. The average Bonchev–Trinajstić information content (AvgIpc) is 2.77. The monoisotopic (exact) mass is 426 g/mol. The van der Waals surface area contributed by atoms with Crippen LogP contribution >= 0.6 is 0 Å². The van der Waals surface area contributed by atoms with Crippen LogP contribution in [0, 0.1) is 16.0 Å². The summed E-state index contributed by atoms with van der Waals surface area (Å²) < 4.78 is 5.74. The van der Waals surface area contributed by atoms with Crippen molar-refractivity contribution in [3.8, 4) is 5.75 Å². The molecule has 0 spiro atoms. The second-order valence-electron chi connectivity index (χ2n) is 8.77. The summed E-state index contributed by atoms with van der Waals surface area (Å²) in [5, 5.41) is 10.8. The van der Waals surface area contributed by atoms with Gasteiger partial charge in [-0.05, 0) is 43.5 Å². The molecule has 2 heterocycles.